The van der Waals surface area contributed by atoms with Gasteiger partial charge in [0.15, 0.2) is 17.3 Å². The highest BCUT2D eigenvalue weighted by molar-refractivity contribution is 6.07. The van der Waals surface area contributed by atoms with Crippen LogP contribution < -0.4 is 9.47 Å². The van der Waals surface area contributed by atoms with Crippen LogP contribution in [0.4, 0.5) is 0 Å². The molecule has 2 aromatic carbocycles. The van der Waals surface area contributed by atoms with Crippen LogP contribution in [0, 0.1) is 0 Å². The fourth-order valence-electron chi connectivity index (χ4n) is 2.55. The summed E-state index contributed by atoms with van der Waals surface area (Å²) in [6, 6.07) is 8.65. The number of hydrogen-bond acceptors (Lipinski definition) is 6. The number of carbonyl (C=O) groups excluding carboxylic acids is 1. The zero-order valence-electron chi connectivity index (χ0n) is 14.0. The van der Waals surface area contributed by atoms with Gasteiger partial charge in [0.2, 0.25) is 11.5 Å². The Labute approximate surface area is 145 Å². The summed E-state index contributed by atoms with van der Waals surface area (Å²) in [6.07, 6.45) is 2.82. The molecule has 25 heavy (non-hydrogen) atoms. The van der Waals surface area contributed by atoms with Crippen LogP contribution in [0.25, 0.3) is 6.08 Å². The van der Waals surface area contributed by atoms with Gasteiger partial charge >= 0.3 is 0 Å². The Balaban J connectivity index is 2.54. The molecule has 2 aromatic rings. The maximum absolute atomic E-state index is 12.2. The van der Waals surface area contributed by atoms with Crippen molar-refractivity contribution in [2.45, 2.75) is 6.42 Å². The summed E-state index contributed by atoms with van der Waals surface area (Å²) in [5.41, 5.74) is 1.11. The molecule has 3 N–H and O–H groups in total. The second kappa shape index (κ2) is 8.21. The van der Waals surface area contributed by atoms with Gasteiger partial charge in [-0.05, 0) is 12.2 Å². The first kappa shape index (κ1) is 18.4. The van der Waals surface area contributed by atoms with Gasteiger partial charge in [0.25, 0.3) is 0 Å². The van der Waals surface area contributed by atoms with Crippen molar-refractivity contribution >= 4 is 11.9 Å². The number of benzene rings is 2. The lowest BCUT2D eigenvalue weighted by Crippen LogP contribution is -2.03. The Kier molecular flexibility index (Phi) is 6.03. The standard InChI is InChI=1S/C19H20O6/c1-24-18-14(10-11-20)13(16(22)17(23)19(18)25-2)8-9-15(21)12-6-4-3-5-7-12/h3-9,20,22-23H,10-11H2,1-2H3. The van der Waals surface area contributed by atoms with Gasteiger partial charge in [0.1, 0.15) is 0 Å². The Morgan fingerprint density at radius 2 is 1.68 bits per heavy atom. The second-order valence-electron chi connectivity index (χ2n) is 5.19. The van der Waals surface area contributed by atoms with Crippen molar-refractivity contribution in [3.63, 3.8) is 0 Å². The third kappa shape index (κ3) is 3.75. The van der Waals surface area contributed by atoms with Gasteiger partial charge in [0.05, 0.1) is 14.2 Å². The molecule has 0 heterocycles. The lowest BCUT2D eigenvalue weighted by molar-refractivity contribution is 0.104. The minimum absolute atomic E-state index is 0.0324. The summed E-state index contributed by atoms with van der Waals surface area (Å²) in [5, 5.41) is 29.7. The molecule has 0 radical (unpaired) electrons. The van der Waals surface area contributed by atoms with Crippen molar-refractivity contribution < 1.29 is 29.6 Å². The first-order valence-electron chi connectivity index (χ1n) is 7.62. The van der Waals surface area contributed by atoms with Crippen LogP contribution in [0.2, 0.25) is 0 Å². The molecular weight excluding hydrogens is 324 g/mol. The average molecular weight is 344 g/mol. The Bertz CT molecular complexity index is 780. The predicted octanol–water partition coefficient (Wildman–Crippen LogP) is 2.55. The molecule has 0 aliphatic rings. The largest absolute Gasteiger partial charge is 0.504 e. The number of aliphatic hydroxyl groups excluding tert-OH is 1. The van der Waals surface area contributed by atoms with E-state index in [2.05, 4.69) is 0 Å². The lowest BCUT2D eigenvalue weighted by atomic mass is 9.99. The number of ketones is 1. The monoisotopic (exact) mass is 344 g/mol. The molecule has 0 aliphatic carbocycles. The molecule has 0 unspecified atom stereocenters. The number of allylic oxidation sites excluding steroid dienone is 1. The van der Waals surface area contributed by atoms with E-state index in [0.29, 0.717) is 11.1 Å². The van der Waals surface area contributed by atoms with Crippen molar-refractivity contribution in [3.8, 4) is 23.0 Å². The molecule has 0 spiro atoms. The van der Waals surface area contributed by atoms with E-state index in [-0.39, 0.29) is 35.9 Å². The second-order valence-corrected chi connectivity index (χ2v) is 5.19. The Morgan fingerprint density at radius 3 is 2.24 bits per heavy atom. The van der Waals surface area contributed by atoms with Crippen LogP contribution in [0.5, 0.6) is 23.0 Å². The van der Waals surface area contributed by atoms with Crippen molar-refractivity contribution in [3.05, 3.63) is 53.1 Å². The number of methoxy groups -OCH3 is 2. The maximum atomic E-state index is 12.2. The normalized spacial score (nSPS) is 10.8. The third-order valence-corrected chi connectivity index (χ3v) is 3.73. The quantitative estimate of drug-likeness (QED) is 0.406. The Morgan fingerprint density at radius 1 is 1.04 bits per heavy atom. The number of rotatable bonds is 7. The van der Waals surface area contributed by atoms with Gasteiger partial charge in [-0.3, -0.25) is 4.79 Å². The van der Waals surface area contributed by atoms with Gasteiger partial charge in [-0.2, -0.15) is 0 Å². The SMILES string of the molecule is COc1c(O)c(O)c(C=CC(=O)c2ccccc2)c(CCO)c1OC. The fourth-order valence-corrected chi connectivity index (χ4v) is 2.55. The fraction of sp³-hybridized carbons (Fsp3) is 0.211. The maximum Gasteiger partial charge on any atom is 0.207 e. The number of aliphatic hydroxyl groups is 1. The average Bonchev–Trinajstić information content (AvgIpc) is 2.64. The van der Waals surface area contributed by atoms with Crippen LogP contribution >= 0.6 is 0 Å². The summed E-state index contributed by atoms with van der Waals surface area (Å²) in [7, 11) is 2.71. The predicted molar refractivity (Wildman–Crippen MR) is 93.5 cm³/mol. The molecule has 2 rings (SSSR count). The molecule has 0 atom stereocenters. The topological polar surface area (TPSA) is 96.2 Å². The summed E-state index contributed by atoms with van der Waals surface area (Å²) < 4.78 is 10.3. The molecule has 0 bridgehead atoms. The summed E-state index contributed by atoms with van der Waals surface area (Å²) in [6.45, 7) is -0.211. The molecule has 132 valence electrons. The van der Waals surface area contributed by atoms with Crippen molar-refractivity contribution in [1.82, 2.24) is 0 Å². The number of aromatic hydroxyl groups is 2. The third-order valence-electron chi connectivity index (χ3n) is 3.73. The van der Waals surface area contributed by atoms with Crippen molar-refractivity contribution in [2.24, 2.45) is 0 Å². The van der Waals surface area contributed by atoms with Gasteiger partial charge in [-0.1, -0.05) is 30.3 Å². The van der Waals surface area contributed by atoms with Gasteiger partial charge < -0.3 is 24.8 Å². The van der Waals surface area contributed by atoms with E-state index >= 15 is 0 Å². The van der Waals surface area contributed by atoms with Gasteiger partial charge in [-0.25, -0.2) is 0 Å². The van der Waals surface area contributed by atoms with Crippen molar-refractivity contribution in [2.75, 3.05) is 20.8 Å². The summed E-state index contributed by atoms with van der Waals surface area (Å²) >= 11 is 0. The molecular formula is C19H20O6. The molecule has 0 saturated carbocycles. The molecule has 6 heteroatoms. The van der Waals surface area contributed by atoms with E-state index in [1.54, 1.807) is 30.3 Å². The highest BCUT2D eigenvalue weighted by atomic mass is 16.5. The minimum atomic E-state index is -0.493. The molecule has 0 aliphatic heterocycles. The summed E-state index contributed by atoms with van der Waals surface area (Å²) in [5.74, 6) is -1.04. The van der Waals surface area contributed by atoms with Gasteiger partial charge in [0, 0.05) is 29.7 Å². The molecule has 0 saturated heterocycles. The number of hydrogen-bond donors (Lipinski definition) is 3. The molecule has 0 amide bonds. The van der Waals surface area contributed by atoms with E-state index in [9.17, 15) is 20.1 Å². The number of carbonyl (C=O) groups is 1. The van der Waals surface area contributed by atoms with E-state index < -0.39 is 11.5 Å². The zero-order valence-corrected chi connectivity index (χ0v) is 14.0. The van der Waals surface area contributed by atoms with Crippen LogP contribution in [-0.2, 0) is 6.42 Å². The lowest BCUT2D eigenvalue weighted by Gasteiger charge is -2.18. The van der Waals surface area contributed by atoms with Gasteiger partial charge in [-0.15, -0.1) is 0 Å². The van der Waals surface area contributed by atoms with Crippen molar-refractivity contribution in [1.29, 1.82) is 0 Å². The Hall–Kier alpha value is -2.99. The zero-order chi connectivity index (χ0) is 18.4. The molecule has 0 aromatic heterocycles. The minimum Gasteiger partial charge on any atom is -0.504 e. The summed E-state index contributed by atoms with van der Waals surface area (Å²) in [4.78, 5) is 12.2. The smallest absolute Gasteiger partial charge is 0.207 e. The number of phenolic OH excluding ortho intramolecular Hbond substituents is 2. The molecule has 0 fully saturated rings. The van der Waals surface area contributed by atoms with E-state index in [0.717, 1.165) is 0 Å². The number of ether oxygens (including phenoxy) is 2. The first-order chi connectivity index (χ1) is 12.0. The number of phenols is 2. The van der Waals surface area contributed by atoms with Crippen LogP contribution in [0.15, 0.2) is 36.4 Å². The van der Waals surface area contributed by atoms with E-state index in [1.165, 1.54) is 26.4 Å². The molecule has 6 nitrogen and oxygen atoms in total. The van der Waals surface area contributed by atoms with Crippen LogP contribution in [-0.4, -0.2) is 41.9 Å². The van der Waals surface area contributed by atoms with Crippen LogP contribution in [0.1, 0.15) is 21.5 Å². The van der Waals surface area contributed by atoms with Crippen LogP contribution in [0.3, 0.4) is 0 Å². The highest BCUT2D eigenvalue weighted by Gasteiger charge is 2.24. The van der Waals surface area contributed by atoms with E-state index in [4.69, 9.17) is 9.47 Å². The highest BCUT2D eigenvalue weighted by Crippen LogP contribution is 2.49. The van der Waals surface area contributed by atoms with E-state index in [1.807, 2.05) is 0 Å². The first-order valence-corrected chi connectivity index (χ1v) is 7.62.